The quantitative estimate of drug-likeness (QED) is 0.831. The zero-order chi connectivity index (χ0) is 14.7. The van der Waals surface area contributed by atoms with Gasteiger partial charge in [0.05, 0.1) is 0 Å². The summed E-state index contributed by atoms with van der Waals surface area (Å²) in [5.74, 6) is 0.622. The van der Waals surface area contributed by atoms with E-state index in [1.54, 1.807) is 0 Å². The van der Waals surface area contributed by atoms with Gasteiger partial charge in [-0.25, -0.2) is 0 Å². The summed E-state index contributed by atoms with van der Waals surface area (Å²) in [6.45, 7) is 6.45. The number of aliphatic hydroxyl groups is 1. The Morgan fingerprint density at radius 2 is 1.85 bits per heavy atom. The molecule has 0 heterocycles. The number of halogens is 1. The molecule has 0 amide bonds. The lowest BCUT2D eigenvalue weighted by atomic mass is 9.94. The van der Waals surface area contributed by atoms with Gasteiger partial charge >= 0.3 is 0 Å². The van der Waals surface area contributed by atoms with Gasteiger partial charge in [-0.15, -0.1) is 0 Å². The second-order valence-electron chi connectivity index (χ2n) is 5.75. The number of hydrogen-bond acceptors (Lipinski definition) is 1. The van der Waals surface area contributed by atoms with Crippen LogP contribution in [0.15, 0.2) is 46.9 Å². The molecule has 0 aromatic heterocycles. The lowest BCUT2D eigenvalue weighted by molar-refractivity contribution is 0.219. The molecule has 0 radical (unpaired) electrons. The third kappa shape index (κ3) is 3.71. The Balaban J connectivity index is 2.30. The molecule has 1 N–H and O–H groups in total. The second-order valence-corrected chi connectivity index (χ2v) is 6.66. The van der Waals surface area contributed by atoms with Crippen LogP contribution in [0, 0.1) is 12.8 Å². The first-order chi connectivity index (χ1) is 9.47. The molecule has 0 fully saturated rings. The molecule has 2 aromatic carbocycles. The maximum Gasteiger partial charge on any atom is 0.104 e. The second kappa shape index (κ2) is 6.55. The van der Waals surface area contributed by atoms with Gasteiger partial charge < -0.3 is 5.11 Å². The zero-order valence-electron chi connectivity index (χ0n) is 12.2. The molecule has 0 spiro atoms. The molecule has 2 heteroatoms. The summed E-state index contributed by atoms with van der Waals surface area (Å²) >= 11 is 3.46. The smallest absolute Gasteiger partial charge is 0.104 e. The molecule has 1 atom stereocenters. The Kier molecular flexibility index (Phi) is 5.00. The largest absolute Gasteiger partial charge is 0.384 e. The van der Waals surface area contributed by atoms with Crippen molar-refractivity contribution in [1.82, 2.24) is 0 Å². The summed E-state index contributed by atoms with van der Waals surface area (Å²) < 4.78 is 1.04. The van der Waals surface area contributed by atoms with E-state index < -0.39 is 6.10 Å². The van der Waals surface area contributed by atoms with Crippen LogP contribution in [0.1, 0.15) is 42.2 Å². The fourth-order valence-corrected chi connectivity index (χ4v) is 2.96. The average Bonchev–Trinajstić information content (AvgIpc) is 2.37. The minimum atomic E-state index is -0.560. The van der Waals surface area contributed by atoms with Crippen LogP contribution in [0.2, 0.25) is 0 Å². The predicted octanol–water partition coefficient (Wildman–Crippen LogP) is 5.04. The van der Waals surface area contributed by atoms with Crippen molar-refractivity contribution in [3.05, 3.63) is 69.2 Å². The maximum atomic E-state index is 10.6. The van der Waals surface area contributed by atoms with Gasteiger partial charge in [-0.1, -0.05) is 60.1 Å². The number of benzene rings is 2. The number of hydrogen-bond donors (Lipinski definition) is 1. The van der Waals surface area contributed by atoms with E-state index in [-0.39, 0.29) is 0 Å². The molecule has 0 aliphatic carbocycles. The normalized spacial score (nSPS) is 12.7. The summed E-state index contributed by atoms with van der Waals surface area (Å²) in [6.07, 6.45) is 0.482. The topological polar surface area (TPSA) is 20.2 Å². The first-order valence-corrected chi connectivity index (χ1v) is 7.79. The molecule has 20 heavy (non-hydrogen) atoms. The van der Waals surface area contributed by atoms with Crippen molar-refractivity contribution in [2.75, 3.05) is 0 Å². The monoisotopic (exact) mass is 332 g/mol. The molecule has 0 aliphatic heterocycles. The molecule has 1 unspecified atom stereocenters. The minimum absolute atomic E-state index is 0.560. The molecule has 0 bridgehead atoms. The molecule has 0 saturated heterocycles. The van der Waals surface area contributed by atoms with Crippen LogP contribution in [0.4, 0.5) is 0 Å². The summed E-state index contributed by atoms with van der Waals surface area (Å²) in [6, 6.07) is 14.3. The molecule has 0 aliphatic rings. The molecule has 0 saturated carbocycles. The number of rotatable bonds is 4. The highest BCUT2D eigenvalue weighted by Gasteiger charge is 2.13. The van der Waals surface area contributed by atoms with E-state index in [0.717, 1.165) is 27.6 Å². The van der Waals surface area contributed by atoms with Crippen molar-refractivity contribution in [2.45, 2.75) is 33.3 Å². The Morgan fingerprint density at radius 1 is 1.10 bits per heavy atom. The Morgan fingerprint density at radius 3 is 2.50 bits per heavy atom. The van der Waals surface area contributed by atoms with Crippen molar-refractivity contribution in [1.29, 1.82) is 0 Å². The first kappa shape index (κ1) is 15.3. The lowest BCUT2D eigenvalue weighted by Crippen LogP contribution is -2.03. The highest BCUT2D eigenvalue weighted by molar-refractivity contribution is 9.10. The highest BCUT2D eigenvalue weighted by atomic mass is 79.9. The Bertz CT molecular complexity index is 590. The third-order valence-electron chi connectivity index (χ3n) is 3.44. The highest BCUT2D eigenvalue weighted by Crippen LogP contribution is 2.27. The van der Waals surface area contributed by atoms with Crippen molar-refractivity contribution in [3.8, 4) is 0 Å². The molecule has 106 valence electrons. The molecular weight excluding hydrogens is 312 g/mol. The number of aryl methyl sites for hydroxylation is 1. The van der Waals surface area contributed by atoms with Gasteiger partial charge in [0.15, 0.2) is 0 Å². The van der Waals surface area contributed by atoms with E-state index in [1.165, 1.54) is 5.56 Å². The van der Waals surface area contributed by atoms with Crippen LogP contribution in [-0.2, 0) is 6.42 Å². The fraction of sp³-hybridized carbons (Fsp3) is 0.333. The van der Waals surface area contributed by atoms with E-state index in [2.05, 4.69) is 41.9 Å². The molecule has 2 aromatic rings. The predicted molar refractivity (Wildman–Crippen MR) is 87.9 cm³/mol. The average molecular weight is 333 g/mol. The SMILES string of the molecule is Cc1cc(Br)ccc1C(O)c1cccc(CC(C)C)c1. The third-order valence-corrected chi connectivity index (χ3v) is 3.93. The Hall–Kier alpha value is -1.12. The molecular formula is C18H21BrO. The standard InChI is InChI=1S/C18H21BrO/c1-12(2)9-14-5-4-6-15(11-14)18(20)17-8-7-16(19)10-13(17)3/h4-8,10-12,18,20H,9H2,1-3H3. The van der Waals surface area contributed by atoms with Crippen LogP contribution in [0.3, 0.4) is 0 Å². The van der Waals surface area contributed by atoms with Crippen molar-refractivity contribution >= 4 is 15.9 Å². The van der Waals surface area contributed by atoms with E-state index in [0.29, 0.717) is 5.92 Å². The first-order valence-electron chi connectivity index (χ1n) is 7.00. The van der Waals surface area contributed by atoms with Crippen LogP contribution in [-0.4, -0.2) is 5.11 Å². The van der Waals surface area contributed by atoms with Crippen molar-refractivity contribution in [3.63, 3.8) is 0 Å². The summed E-state index contributed by atoms with van der Waals surface area (Å²) in [4.78, 5) is 0. The van der Waals surface area contributed by atoms with E-state index >= 15 is 0 Å². The van der Waals surface area contributed by atoms with Gasteiger partial charge in [0.1, 0.15) is 6.10 Å². The fourth-order valence-electron chi connectivity index (χ4n) is 2.49. The molecule has 2 rings (SSSR count). The summed E-state index contributed by atoms with van der Waals surface area (Å²) in [5, 5.41) is 10.6. The van der Waals surface area contributed by atoms with Crippen LogP contribution >= 0.6 is 15.9 Å². The van der Waals surface area contributed by atoms with Gasteiger partial charge in [-0.3, -0.25) is 0 Å². The van der Waals surface area contributed by atoms with E-state index in [1.807, 2.05) is 37.3 Å². The Labute approximate surface area is 129 Å². The lowest BCUT2D eigenvalue weighted by Gasteiger charge is -2.16. The zero-order valence-corrected chi connectivity index (χ0v) is 13.8. The van der Waals surface area contributed by atoms with Crippen LogP contribution in [0.5, 0.6) is 0 Å². The van der Waals surface area contributed by atoms with E-state index in [4.69, 9.17) is 0 Å². The van der Waals surface area contributed by atoms with Gasteiger partial charge in [0.25, 0.3) is 0 Å². The number of aliphatic hydroxyl groups excluding tert-OH is 1. The van der Waals surface area contributed by atoms with Crippen molar-refractivity contribution < 1.29 is 5.11 Å². The van der Waals surface area contributed by atoms with Gasteiger partial charge in [0.2, 0.25) is 0 Å². The van der Waals surface area contributed by atoms with Gasteiger partial charge in [-0.2, -0.15) is 0 Å². The van der Waals surface area contributed by atoms with Gasteiger partial charge in [0, 0.05) is 4.47 Å². The van der Waals surface area contributed by atoms with Gasteiger partial charge in [-0.05, 0) is 53.6 Å². The van der Waals surface area contributed by atoms with E-state index in [9.17, 15) is 5.11 Å². The summed E-state index contributed by atoms with van der Waals surface area (Å²) in [7, 11) is 0. The minimum Gasteiger partial charge on any atom is -0.384 e. The van der Waals surface area contributed by atoms with Crippen LogP contribution < -0.4 is 0 Å². The summed E-state index contributed by atoms with van der Waals surface area (Å²) in [5.41, 5.74) is 4.32. The van der Waals surface area contributed by atoms with Crippen molar-refractivity contribution in [2.24, 2.45) is 5.92 Å². The van der Waals surface area contributed by atoms with Crippen LogP contribution in [0.25, 0.3) is 0 Å². The maximum absolute atomic E-state index is 10.6. The molecule has 1 nitrogen and oxygen atoms in total.